The van der Waals surface area contributed by atoms with Gasteiger partial charge in [-0.05, 0) is 46.3 Å². The van der Waals surface area contributed by atoms with Crippen molar-refractivity contribution in [2.75, 3.05) is 12.5 Å². The van der Waals surface area contributed by atoms with Crippen LogP contribution in [0, 0.1) is 5.82 Å². The Morgan fingerprint density at radius 1 is 1.41 bits per heavy atom. The normalized spacial score (nSPS) is 11.1. The van der Waals surface area contributed by atoms with Crippen molar-refractivity contribution in [3.05, 3.63) is 52.4 Å². The van der Waals surface area contributed by atoms with Gasteiger partial charge in [0.1, 0.15) is 5.82 Å². The standard InChI is InChI=1S/C14H11BrFN3O3/c1-22-11-6-8(2-4-10(11)16)13(14(20)21)19-18-12-5-3-9(15)7-17-12/h2-7H,1H3,(H,17,18)(H,20,21)/b19-13+. The minimum Gasteiger partial charge on any atom is -0.494 e. The average molecular weight is 368 g/mol. The van der Waals surface area contributed by atoms with Gasteiger partial charge in [-0.1, -0.05) is 0 Å². The maximum Gasteiger partial charge on any atom is 0.356 e. The van der Waals surface area contributed by atoms with E-state index >= 15 is 0 Å². The molecule has 0 amide bonds. The predicted octanol–water partition coefficient (Wildman–Crippen LogP) is 2.89. The maximum atomic E-state index is 13.4. The van der Waals surface area contributed by atoms with E-state index in [2.05, 4.69) is 31.4 Å². The van der Waals surface area contributed by atoms with Gasteiger partial charge >= 0.3 is 5.97 Å². The molecule has 0 spiro atoms. The summed E-state index contributed by atoms with van der Waals surface area (Å²) in [5.74, 6) is -1.54. The van der Waals surface area contributed by atoms with Crippen molar-refractivity contribution in [2.24, 2.45) is 5.10 Å². The van der Waals surface area contributed by atoms with Gasteiger partial charge in [-0.3, -0.25) is 5.43 Å². The first-order chi connectivity index (χ1) is 10.5. The molecule has 0 saturated carbocycles. The molecule has 2 aromatic rings. The van der Waals surface area contributed by atoms with Crippen molar-refractivity contribution in [1.82, 2.24) is 4.98 Å². The lowest BCUT2D eigenvalue weighted by Crippen LogP contribution is -2.16. The molecule has 0 fully saturated rings. The minimum absolute atomic E-state index is 0.0618. The molecule has 0 unspecified atom stereocenters. The van der Waals surface area contributed by atoms with E-state index in [1.165, 1.54) is 19.2 Å². The van der Waals surface area contributed by atoms with Crippen LogP contribution in [0.5, 0.6) is 5.75 Å². The smallest absolute Gasteiger partial charge is 0.356 e. The lowest BCUT2D eigenvalue weighted by atomic mass is 10.1. The van der Waals surface area contributed by atoms with Crippen molar-refractivity contribution in [1.29, 1.82) is 0 Å². The van der Waals surface area contributed by atoms with Gasteiger partial charge in [0.2, 0.25) is 0 Å². The fraction of sp³-hybridized carbons (Fsp3) is 0.0714. The molecule has 1 aromatic heterocycles. The number of hydrazone groups is 1. The summed E-state index contributed by atoms with van der Waals surface area (Å²) >= 11 is 3.24. The summed E-state index contributed by atoms with van der Waals surface area (Å²) in [7, 11) is 1.30. The molecule has 0 aliphatic rings. The summed E-state index contributed by atoms with van der Waals surface area (Å²) in [5, 5.41) is 13.1. The SMILES string of the molecule is COc1cc(/C(=N\Nc2ccc(Br)cn2)C(=O)O)ccc1F. The van der Waals surface area contributed by atoms with E-state index in [9.17, 15) is 14.3 Å². The molecule has 8 heteroatoms. The van der Waals surface area contributed by atoms with E-state index in [0.717, 1.165) is 10.5 Å². The van der Waals surface area contributed by atoms with Gasteiger partial charge in [-0.2, -0.15) is 5.10 Å². The van der Waals surface area contributed by atoms with E-state index in [-0.39, 0.29) is 17.0 Å². The van der Waals surface area contributed by atoms with E-state index in [1.54, 1.807) is 18.3 Å². The Balaban J connectivity index is 2.31. The fourth-order valence-corrected chi connectivity index (χ4v) is 1.83. The molecule has 0 aliphatic heterocycles. The number of pyridine rings is 1. The average Bonchev–Trinajstić information content (AvgIpc) is 2.50. The molecule has 2 rings (SSSR count). The first-order valence-corrected chi connectivity index (χ1v) is 6.83. The largest absolute Gasteiger partial charge is 0.494 e. The van der Waals surface area contributed by atoms with E-state index in [1.807, 2.05) is 0 Å². The van der Waals surface area contributed by atoms with Crippen molar-refractivity contribution in [3.8, 4) is 5.75 Å². The predicted molar refractivity (Wildman–Crippen MR) is 82.7 cm³/mol. The summed E-state index contributed by atoms with van der Waals surface area (Å²) < 4.78 is 19.0. The van der Waals surface area contributed by atoms with Crippen LogP contribution < -0.4 is 10.2 Å². The lowest BCUT2D eigenvalue weighted by molar-refractivity contribution is -0.129. The fourth-order valence-electron chi connectivity index (χ4n) is 1.60. The number of carbonyl (C=O) groups is 1. The number of carboxylic acid groups (broad SMARTS) is 1. The number of aromatic nitrogens is 1. The van der Waals surface area contributed by atoms with Crippen LogP contribution in [0.4, 0.5) is 10.2 Å². The zero-order valence-corrected chi connectivity index (χ0v) is 13.0. The molecule has 1 aromatic carbocycles. The first kappa shape index (κ1) is 15.9. The highest BCUT2D eigenvalue weighted by Gasteiger charge is 2.15. The monoisotopic (exact) mass is 367 g/mol. The van der Waals surface area contributed by atoms with Crippen LogP contribution >= 0.6 is 15.9 Å². The van der Waals surface area contributed by atoms with Crippen LogP contribution in [0.2, 0.25) is 0 Å². The summed E-state index contributed by atoms with van der Waals surface area (Å²) in [5.41, 5.74) is 2.46. The molecule has 0 saturated heterocycles. The third-order valence-electron chi connectivity index (χ3n) is 2.64. The third kappa shape index (κ3) is 3.79. The number of hydrogen-bond acceptors (Lipinski definition) is 5. The molecule has 2 N–H and O–H groups in total. The summed E-state index contributed by atoms with van der Waals surface area (Å²) in [6.45, 7) is 0. The molecular formula is C14H11BrFN3O3. The highest BCUT2D eigenvalue weighted by atomic mass is 79.9. The van der Waals surface area contributed by atoms with Crippen LogP contribution in [0.15, 0.2) is 46.1 Å². The topological polar surface area (TPSA) is 83.8 Å². The lowest BCUT2D eigenvalue weighted by Gasteiger charge is -2.06. The molecule has 22 heavy (non-hydrogen) atoms. The summed E-state index contributed by atoms with van der Waals surface area (Å²) in [4.78, 5) is 15.3. The first-order valence-electron chi connectivity index (χ1n) is 6.03. The second kappa shape index (κ2) is 6.99. The Labute approximate surface area is 133 Å². The zero-order valence-electron chi connectivity index (χ0n) is 11.4. The number of nitrogens with zero attached hydrogens (tertiary/aromatic N) is 2. The highest BCUT2D eigenvalue weighted by molar-refractivity contribution is 9.10. The van der Waals surface area contributed by atoms with Gasteiger partial charge < -0.3 is 9.84 Å². The molecule has 1 heterocycles. The second-order valence-corrected chi connectivity index (χ2v) is 5.00. The highest BCUT2D eigenvalue weighted by Crippen LogP contribution is 2.19. The number of rotatable bonds is 5. The molecule has 6 nitrogen and oxygen atoms in total. The number of benzene rings is 1. The van der Waals surface area contributed by atoms with Gasteiger partial charge in [-0.25, -0.2) is 14.2 Å². The van der Waals surface area contributed by atoms with E-state index in [0.29, 0.717) is 5.82 Å². The van der Waals surface area contributed by atoms with Crippen molar-refractivity contribution < 1.29 is 19.0 Å². The van der Waals surface area contributed by atoms with Gasteiger partial charge in [0, 0.05) is 16.2 Å². The molecule has 0 radical (unpaired) electrons. The molecule has 0 aliphatic carbocycles. The number of methoxy groups -OCH3 is 1. The Kier molecular flexibility index (Phi) is 5.05. The van der Waals surface area contributed by atoms with E-state index in [4.69, 9.17) is 4.74 Å². The zero-order chi connectivity index (χ0) is 16.1. The quantitative estimate of drug-likeness (QED) is 0.626. The Morgan fingerprint density at radius 3 is 2.77 bits per heavy atom. The minimum atomic E-state index is -1.27. The summed E-state index contributed by atoms with van der Waals surface area (Å²) in [6.07, 6.45) is 1.54. The molecule has 0 atom stereocenters. The number of halogens is 2. The third-order valence-corrected chi connectivity index (χ3v) is 3.11. The van der Waals surface area contributed by atoms with Gasteiger partial charge in [0.15, 0.2) is 17.3 Å². The van der Waals surface area contributed by atoms with Crippen LogP contribution in [-0.4, -0.2) is 28.9 Å². The van der Waals surface area contributed by atoms with Crippen LogP contribution in [0.3, 0.4) is 0 Å². The van der Waals surface area contributed by atoms with Gasteiger partial charge in [0.05, 0.1) is 7.11 Å². The molecule has 114 valence electrons. The number of anilines is 1. The molecular weight excluding hydrogens is 357 g/mol. The van der Waals surface area contributed by atoms with Crippen molar-refractivity contribution >= 4 is 33.4 Å². The number of ether oxygens (including phenoxy) is 1. The van der Waals surface area contributed by atoms with Crippen LogP contribution in [0.1, 0.15) is 5.56 Å². The van der Waals surface area contributed by atoms with Crippen molar-refractivity contribution in [2.45, 2.75) is 0 Å². The Morgan fingerprint density at radius 2 is 2.18 bits per heavy atom. The van der Waals surface area contributed by atoms with Crippen LogP contribution in [-0.2, 0) is 4.79 Å². The van der Waals surface area contributed by atoms with Crippen LogP contribution in [0.25, 0.3) is 0 Å². The number of hydrogen-bond donors (Lipinski definition) is 2. The number of aliphatic carboxylic acids is 1. The molecule has 0 bridgehead atoms. The number of nitrogens with one attached hydrogen (secondary N) is 1. The summed E-state index contributed by atoms with van der Waals surface area (Å²) in [6, 6.07) is 7.04. The second-order valence-electron chi connectivity index (χ2n) is 4.09. The number of carboxylic acids is 1. The Bertz CT molecular complexity index is 720. The van der Waals surface area contributed by atoms with Crippen molar-refractivity contribution in [3.63, 3.8) is 0 Å². The van der Waals surface area contributed by atoms with Gasteiger partial charge in [0.25, 0.3) is 0 Å². The Hall–Kier alpha value is -2.48. The van der Waals surface area contributed by atoms with E-state index < -0.39 is 11.8 Å². The van der Waals surface area contributed by atoms with Gasteiger partial charge in [-0.15, -0.1) is 0 Å². The maximum absolute atomic E-state index is 13.4.